The van der Waals surface area contributed by atoms with Crippen LogP contribution in [0, 0.1) is 5.92 Å². The van der Waals surface area contributed by atoms with Crippen LogP contribution in [0.25, 0.3) is 0 Å². The molecule has 0 amide bonds. The Hall–Kier alpha value is -1.38. The van der Waals surface area contributed by atoms with Gasteiger partial charge in [0.2, 0.25) is 0 Å². The molecule has 1 aromatic heterocycles. The maximum absolute atomic E-state index is 11.5. The van der Waals surface area contributed by atoms with Gasteiger partial charge in [-0.15, -0.1) is 0 Å². The second-order valence-corrected chi connectivity index (χ2v) is 5.13. The van der Waals surface area contributed by atoms with E-state index in [0.717, 1.165) is 44.2 Å². The van der Waals surface area contributed by atoms with Gasteiger partial charge in [0.25, 0.3) is 0 Å². The van der Waals surface area contributed by atoms with Crippen LogP contribution in [0.4, 0.5) is 0 Å². The van der Waals surface area contributed by atoms with Crippen molar-refractivity contribution in [3.63, 3.8) is 0 Å². The van der Waals surface area contributed by atoms with Gasteiger partial charge in [-0.25, -0.2) is 0 Å². The van der Waals surface area contributed by atoms with E-state index in [0.29, 0.717) is 0 Å². The number of aliphatic carboxylic acids is 1. The van der Waals surface area contributed by atoms with E-state index in [1.54, 1.807) is 6.20 Å². The van der Waals surface area contributed by atoms with Crippen molar-refractivity contribution in [2.24, 2.45) is 5.92 Å². The highest BCUT2D eigenvalue weighted by molar-refractivity contribution is 5.71. The number of rotatable bonds is 5. The van der Waals surface area contributed by atoms with Gasteiger partial charge in [0, 0.05) is 17.8 Å². The van der Waals surface area contributed by atoms with Crippen molar-refractivity contribution >= 4 is 5.97 Å². The van der Waals surface area contributed by atoms with E-state index in [9.17, 15) is 9.90 Å². The number of hydrogen-bond donors (Lipinski definition) is 1. The zero-order valence-corrected chi connectivity index (χ0v) is 10.9. The van der Waals surface area contributed by atoms with E-state index < -0.39 is 5.97 Å². The molecule has 18 heavy (non-hydrogen) atoms. The van der Waals surface area contributed by atoms with Gasteiger partial charge in [-0.1, -0.05) is 25.8 Å². The summed E-state index contributed by atoms with van der Waals surface area (Å²) in [6.07, 6.45) is 7.67. The second-order valence-electron chi connectivity index (χ2n) is 5.13. The number of hydrogen-bond acceptors (Lipinski definition) is 2. The topological polar surface area (TPSA) is 50.2 Å². The number of aromatic nitrogens is 1. The van der Waals surface area contributed by atoms with Gasteiger partial charge >= 0.3 is 5.97 Å². The van der Waals surface area contributed by atoms with Gasteiger partial charge in [-0.05, 0) is 37.3 Å². The van der Waals surface area contributed by atoms with Crippen LogP contribution in [0.1, 0.15) is 56.2 Å². The van der Waals surface area contributed by atoms with Crippen LogP contribution >= 0.6 is 0 Å². The Bertz CT molecular complexity index is 417. The van der Waals surface area contributed by atoms with E-state index in [-0.39, 0.29) is 11.8 Å². The highest BCUT2D eigenvalue weighted by Crippen LogP contribution is 2.37. The van der Waals surface area contributed by atoms with Crippen LogP contribution in [-0.2, 0) is 11.2 Å². The third-order valence-corrected chi connectivity index (χ3v) is 3.91. The maximum atomic E-state index is 11.5. The fraction of sp³-hybridized carbons (Fsp3) is 0.600. The number of pyridine rings is 1. The molecule has 0 spiro atoms. The van der Waals surface area contributed by atoms with Crippen molar-refractivity contribution in [3.05, 3.63) is 29.6 Å². The summed E-state index contributed by atoms with van der Waals surface area (Å²) in [5.41, 5.74) is 2.28. The number of nitrogens with zero attached hydrogens (tertiary/aromatic N) is 1. The quantitative estimate of drug-likeness (QED) is 0.867. The molecular formula is C15H21NO2. The maximum Gasteiger partial charge on any atom is 0.307 e. The first-order valence-electron chi connectivity index (χ1n) is 6.90. The fourth-order valence-electron chi connectivity index (χ4n) is 2.96. The number of unbranched alkanes of at least 4 members (excludes halogenated alkanes) is 1. The molecule has 0 fully saturated rings. The van der Waals surface area contributed by atoms with Crippen molar-refractivity contribution in [2.75, 3.05) is 0 Å². The highest BCUT2D eigenvalue weighted by atomic mass is 16.4. The molecule has 1 N–H and O–H groups in total. The van der Waals surface area contributed by atoms with Crippen molar-refractivity contribution in [1.29, 1.82) is 0 Å². The minimum absolute atomic E-state index is 0.110. The predicted molar refractivity (Wildman–Crippen MR) is 70.6 cm³/mol. The smallest absolute Gasteiger partial charge is 0.307 e. The normalized spacial score (nSPS) is 20.2. The zero-order chi connectivity index (χ0) is 13.0. The highest BCUT2D eigenvalue weighted by Gasteiger charge is 2.32. The first kappa shape index (κ1) is 13.1. The molecule has 3 heteroatoms. The molecule has 1 heterocycles. The molecule has 0 saturated carbocycles. The Labute approximate surface area is 108 Å². The van der Waals surface area contributed by atoms with Crippen molar-refractivity contribution in [3.8, 4) is 0 Å². The summed E-state index contributed by atoms with van der Waals surface area (Å²) >= 11 is 0. The van der Waals surface area contributed by atoms with E-state index >= 15 is 0 Å². The van der Waals surface area contributed by atoms with E-state index in [2.05, 4.69) is 18.0 Å². The lowest BCUT2D eigenvalue weighted by molar-refractivity contribution is -0.143. The lowest BCUT2D eigenvalue weighted by Gasteiger charge is -2.29. The van der Waals surface area contributed by atoms with Gasteiger partial charge in [-0.3, -0.25) is 9.78 Å². The summed E-state index contributed by atoms with van der Waals surface area (Å²) in [5.74, 6) is -0.815. The predicted octanol–water partition coefficient (Wildman–Crippen LogP) is 3.39. The third-order valence-electron chi connectivity index (χ3n) is 3.91. The Morgan fingerprint density at radius 3 is 3.17 bits per heavy atom. The molecule has 2 unspecified atom stereocenters. The largest absolute Gasteiger partial charge is 0.481 e. The molecule has 2 rings (SSSR count). The Morgan fingerprint density at radius 1 is 1.61 bits per heavy atom. The monoisotopic (exact) mass is 247 g/mol. The Morgan fingerprint density at radius 2 is 2.44 bits per heavy atom. The first-order valence-corrected chi connectivity index (χ1v) is 6.90. The molecular weight excluding hydrogens is 226 g/mol. The van der Waals surface area contributed by atoms with Crippen LogP contribution in [-0.4, -0.2) is 16.1 Å². The van der Waals surface area contributed by atoms with Crippen LogP contribution in [0.2, 0.25) is 0 Å². The summed E-state index contributed by atoms with van der Waals surface area (Å²) < 4.78 is 0. The molecule has 1 aromatic rings. The van der Waals surface area contributed by atoms with E-state index in [1.807, 2.05) is 6.07 Å². The molecule has 1 aliphatic rings. The van der Waals surface area contributed by atoms with Crippen LogP contribution in [0.3, 0.4) is 0 Å². The van der Waals surface area contributed by atoms with Gasteiger partial charge < -0.3 is 5.11 Å². The summed E-state index contributed by atoms with van der Waals surface area (Å²) in [5, 5.41) is 9.45. The van der Waals surface area contributed by atoms with Crippen molar-refractivity contribution in [1.82, 2.24) is 4.98 Å². The van der Waals surface area contributed by atoms with Crippen LogP contribution < -0.4 is 0 Å². The first-order chi connectivity index (χ1) is 8.74. The molecule has 2 atom stereocenters. The third kappa shape index (κ3) is 2.71. The average Bonchev–Trinajstić information content (AvgIpc) is 2.39. The summed E-state index contributed by atoms with van der Waals surface area (Å²) in [4.78, 5) is 15.9. The lowest BCUT2D eigenvalue weighted by atomic mass is 9.76. The van der Waals surface area contributed by atoms with E-state index in [4.69, 9.17) is 0 Å². The summed E-state index contributed by atoms with van der Waals surface area (Å²) in [6, 6.07) is 4.04. The fourth-order valence-corrected chi connectivity index (χ4v) is 2.96. The molecule has 3 nitrogen and oxygen atoms in total. The van der Waals surface area contributed by atoms with Crippen LogP contribution in [0.5, 0.6) is 0 Å². The minimum Gasteiger partial charge on any atom is -0.481 e. The standard InChI is InChI=1S/C15H21NO2/c1-2-3-8-13(15(17)18)12-9-4-6-11-7-5-10-16-14(11)12/h5,7,10,12-13H,2-4,6,8-9H2,1H3,(H,17,18). The van der Waals surface area contributed by atoms with Crippen molar-refractivity contribution < 1.29 is 9.90 Å². The zero-order valence-electron chi connectivity index (χ0n) is 10.9. The Kier molecular flexibility index (Phi) is 4.34. The molecule has 1 aliphatic carbocycles. The second kappa shape index (κ2) is 5.98. The van der Waals surface area contributed by atoms with Gasteiger partial charge in [-0.2, -0.15) is 0 Å². The number of aryl methyl sites for hydroxylation is 1. The van der Waals surface area contributed by atoms with Gasteiger partial charge in [0.15, 0.2) is 0 Å². The lowest BCUT2D eigenvalue weighted by Crippen LogP contribution is -2.26. The number of fused-ring (bicyclic) bond motifs is 1. The number of carbonyl (C=O) groups is 1. The SMILES string of the molecule is CCCCC(C(=O)O)C1CCCc2cccnc21. The molecule has 0 aliphatic heterocycles. The number of carboxylic acid groups (broad SMARTS) is 1. The van der Waals surface area contributed by atoms with Crippen molar-refractivity contribution in [2.45, 2.75) is 51.4 Å². The molecule has 98 valence electrons. The molecule has 0 bridgehead atoms. The molecule has 0 saturated heterocycles. The van der Waals surface area contributed by atoms with E-state index in [1.165, 1.54) is 5.56 Å². The molecule has 0 aromatic carbocycles. The average molecular weight is 247 g/mol. The molecule has 0 radical (unpaired) electrons. The summed E-state index contributed by atoms with van der Waals surface area (Å²) in [7, 11) is 0. The van der Waals surface area contributed by atoms with Crippen LogP contribution in [0.15, 0.2) is 18.3 Å². The minimum atomic E-state index is -0.660. The number of carboxylic acids is 1. The van der Waals surface area contributed by atoms with Gasteiger partial charge in [0.05, 0.1) is 5.92 Å². The Balaban J connectivity index is 2.23. The van der Waals surface area contributed by atoms with Gasteiger partial charge in [0.1, 0.15) is 0 Å². The summed E-state index contributed by atoms with van der Waals surface area (Å²) in [6.45, 7) is 2.10.